The molecule has 1 aromatic heterocycles. The van der Waals surface area contributed by atoms with E-state index < -0.39 is 0 Å². The molecule has 1 fully saturated rings. The lowest BCUT2D eigenvalue weighted by Gasteiger charge is -2.26. The number of aromatic nitrogens is 3. The summed E-state index contributed by atoms with van der Waals surface area (Å²) in [5.74, 6) is 0.564. The predicted octanol–water partition coefficient (Wildman–Crippen LogP) is -1.43. The highest BCUT2D eigenvalue weighted by Gasteiger charge is 2.11. The molecule has 6 nitrogen and oxygen atoms in total. The molecule has 0 bridgehead atoms. The van der Waals surface area contributed by atoms with E-state index in [1.807, 2.05) is 4.90 Å². The second-order valence-corrected chi connectivity index (χ2v) is 2.89. The van der Waals surface area contributed by atoms with Crippen LogP contribution in [0.1, 0.15) is 0 Å². The van der Waals surface area contributed by atoms with Crippen molar-refractivity contribution in [2.45, 2.75) is 0 Å². The Bertz CT molecular complexity index is 330. The molecule has 0 atom stereocenters. The summed E-state index contributed by atoms with van der Waals surface area (Å²) in [6.07, 6.45) is 1.17. The Morgan fingerprint density at radius 1 is 1.38 bits per heavy atom. The molecule has 1 aromatic rings. The Kier molecular flexibility index (Phi) is 2.22. The molecule has 1 aliphatic heterocycles. The second-order valence-electron chi connectivity index (χ2n) is 2.89. The van der Waals surface area contributed by atoms with Crippen molar-refractivity contribution in [3.63, 3.8) is 0 Å². The van der Waals surface area contributed by atoms with E-state index in [0.29, 0.717) is 5.95 Å². The normalized spacial score (nSPS) is 17.4. The lowest BCUT2D eigenvalue weighted by molar-refractivity contribution is 0.576. The Balaban J connectivity index is 2.19. The number of H-pyrrole nitrogens is 1. The van der Waals surface area contributed by atoms with Crippen molar-refractivity contribution < 1.29 is 0 Å². The van der Waals surface area contributed by atoms with E-state index in [-0.39, 0.29) is 5.56 Å². The number of rotatable bonds is 1. The van der Waals surface area contributed by atoms with E-state index in [1.165, 1.54) is 6.20 Å². The number of hydrogen-bond acceptors (Lipinski definition) is 5. The number of nitrogens with zero attached hydrogens (tertiary/aromatic N) is 3. The van der Waals surface area contributed by atoms with Crippen molar-refractivity contribution >= 4 is 5.95 Å². The van der Waals surface area contributed by atoms with Gasteiger partial charge < -0.3 is 10.2 Å². The van der Waals surface area contributed by atoms with Gasteiger partial charge in [0, 0.05) is 26.2 Å². The van der Waals surface area contributed by atoms with E-state index in [0.717, 1.165) is 26.2 Å². The van der Waals surface area contributed by atoms with Crippen LogP contribution in [-0.4, -0.2) is 41.4 Å². The third kappa shape index (κ3) is 1.83. The molecule has 2 N–H and O–H groups in total. The molecule has 1 saturated heterocycles. The fourth-order valence-corrected chi connectivity index (χ4v) is 1.32. The smallest absolute Gasteiger partial charge is 0.271 e. The van der Waals surface area contributed by atoms with Crippen LogP contribution < -0.4 is 15.8 Å². The van der Waals surface area contributed by atoms with Crippen LogP contribution in [0.15, 0.2) is 11.0 Å². The zero-order valence-corrected chi connectivity index (χ0v) is 7.16. The van der Waals surface area contributed by atoms with E-state index in [4.69, 9.17) is 0 Å². The van der Waals surface area contributed by atoms with Crippen LogP contribution in [-0.2, 0) is 0 Å². The van der Waals surface area contributed by atoms with Crippen molar-refractivity contribution in [1.82, 2.24) is 20.5 Å². The lowest BCUT2D eigenvalue weighted by atomic mass is 10.4. The highest BCUT2D eigenvalue weighted by molar-refractivity contribution is 5.27. The van der Waals surface area contributed by atoms with Crippen molar-refractivity contribution in [3.05, 3.63) is 16.6 Å². The summed E-state index contributed by atoms with van der Waals surface area (Å²) in [4.78, 5) is 15.6. The molecular formula is C7H11N5O. The molecular weight excluding hydrogens is 170 g/mol. The second kappa shape index (κ2) is 3.53. The van der Waals surface area contributed by atoms with Gasteiger partial charge in [0.2, 0.25) is 5.95 Å². The van der Waals surface area contributed by atoms with Gasteiger partial charge in [-0.1, -0.05) is 0 Å². The molecule has 0 amide bonds. The van der Waals surface area contributed by atoms with Gasteiger partial charge in [-0.05, 0) is 0 Å². The minimum Gasteiger partial charge on any atom is -0.338 e. The van der Waals surface area contributed by atoms with Gasteiger partial charge >= 0.3 is 0 Å². The topological polar surface area (TPSA) is 73.9 Å². The van der Waals surface area contributed by atoms with Crippen molar-refractivity contribution in [3.8, 4) is 0 Å². The number of aromatic amines is 1. The quantitative estimate of drug-likeness (QED) is 0.556. The molecule has 0 aliphatic carbocycles. The van der Waals surface area contributed by atoms with E-state index in [9.17, 15) is 4.79 Å². The van der Waals surface area contributed by atoms with Crippen LogP contribution in [0, 0.1) is 0 Å². The predicted molar refractivity (Wildman–Crippen MR) is 47.7 cm³/mol. The van der Waals surface area contributed by atoms with E-state index in [1.54, 1.807) is 0 Å². The van der Waals surface area contributed by atoms with E-state index >= 15 is 0 Å². The van der Waals surface area contributed by atoms with Crippen LogP contribution in [0.25, 0.3) is 0 Å². The maximum absolute atomic E-state index is 10.9. The molecule has 70 valence electrons. The maximum Gasteiger partial charge on any atom is 0.271 e. The summed E-state index contributed by atoms with van der Waals surface area (Å²) in [6.45, 7) is 3.54. The fourth-order valence-electron chi connectivity index (χ4n) is 1.32. The minimum absolute atomic E-state index is 0.205. The first-order chi connectivity index (χ1) is 6.36. The molecule has 6 heteroatoms. The van der Waals surface area contributed by atoms with Gasteiger partial charge in [-0.25, -0.2) is 0 Å². The van der Waals surface area contributed by atoms with Crippen molar-refractivity contribution in [2.75, 3.05) is 31.1 Å². The van der Waals surface area contributed by atoms with E-state index in [2.05, 4.69) is 20.5 Å². The molecule has 1 aliphatic rings. The monoisotopic (exact) mass is 181 g/mol. The molecule has 2 heterocycles. The largest absolute Gasteiger partial charge is 0.338 e. The number of piperazine rings is 1. The van der Waals surface area contributed by atoms with Gasteiger partial charge in [0.25, 0.3) is 5.56 Å². The molecule has 2 rings (SSSR count). The highest BCUT2D eigenvalue weighted by Crippen LogP contribution is 2.02. The Morgan fingerprint density at radius 3 is 2.85 bits per heavy atom. The average molecular weight is 181 g/mol. The van der Waals surface area contributed by atoms with Crippen molar-refractivity contribution in [2.24, 2.45) is 0 Å². The first-order valence-corrected chi connectivity index (χ1v) is 4.24. The molecule has 0 radical (unpaired) electrons. The third-order valence-corrected chi connectivity index (χ3v) is 1.98. The highest BCUT2D eigenvalue weighted by atomic mass is 16.1. The molecule has 0 aromatic carbocycles. The summed E-state index contributed by atoms with van der Waals surface area (Å²) in [6, 6.07) is 0. The minimum atomic E-state index is -0.205. The molecule has 13 heavy (non-hydrogen) atoms. The summed E-state index contributed by atoms with van der Waals surface area (Å²) in [5.41, 5.74) is -0.205. The lowest BCUT2D eigenvalue weighted by Crippen LogP contribution is -2.44. The zero-order chi connectivity index (χ0) is 9.10. The number of hydrogen-bond donors (Lipinski definition) is 2. The van der Waals surface area contributed by atoms with Gasteiger partial charge in [-0.3, -0.25) is 9.78 Å². The Hall–Kier alpha value is -1.43. The molecule has 0 spiro atoms. The average Bonchev–Trinajstić information content (AvgIpc) is 2.19. The van der Waals surface area contributed by atoms with Crippen LogP contribution >= 0.6 is 0 Å². The zero-order valence-electron chi connectivity index (χ0n) is 7.16. The van der Waals surface area contributed by atoms with Crippen LogP contribution in [0.4, 0.5) is 5.95 Å². The molecule has 0 saturated carbocycles. The van der Waals surface area contributed by atoms with Crippen LogP contribution in [0.2, 0.25) is 0 Å². The van der Waals surface area contributed by atoms with Crippen LogP contribution in [0.5, 0.6) is 0 Å². The van der Waals surface area contributed by atoms with Crippen molar-refractivity contribution in [1.29, 1.82) is 0 Å². The van der Waals surface area contributed by atoms with Gasteiger partial charge in [-0.15, -0.1) is 10.2 Å². The van der Waals surface area contributed by atoms with Gasteiger partial charge in [0.1, 0.15) is 6.20 Å². The van der Waals surface area contributed by atoms with Gasteiger partial charge in [-0.2, -0.15) is 0 Å². The number of nitrogens with one attached hydrogen (secondary N) is 2. The first kappa shape index (κ1) is 8.18. The first-order valence-electron chi connectivity index (χ1n) is 4.24. The Labute approximate surface area is 75.0 Å². The summed E-state index contributed by atoms with van der Waals surface area (Å²) in [7, 11) is 0. The fraction of sp³-hybridized carbons (Fsp3) is 0.571. The Morgan fingerprint density at radius 2 is 2.15 bits per heavy atom. The summed E-state index contributed by atoms with van der Waals surface area (Å²) in [5, 5.41) is 10.7. The number of anilines is 1. The maximum atomic E-state index is 10.9. The standard InChI is InChI=1S/C7H11N5O/c13-6-5-9-11-7(10-6)12-3-1-8-2-4-12/h5,8H,1-4H2,(H,10,11,13). The van der Waals surface area contributed by atoms with Crippen LogP contribution in [0.3, 0.4) is 0 Å². The van der Waals surface area contributed by atoms with Gasteiger partial charge in [0.15, 0.2) is 0 Å². The summed E-state index contributed by atoms with van der Waals surface area (Å²) >= 11 is 0. The third-order valence-electron chi connectivity index (χ3n) is 1.98. The summed E-state index contributed by atoms with van der Waals surface area (Å²) < 4.78 is 0. The molecule has 0 unspecified atom stereocenters. The van der Waals surface area contributed by atoms with Gasteiger partial charge in [0.05, 0.1) is 0 Å². The SMILES string of the molecule is O=c1cnnc(N2CCNCC2)[nH]1.